The van der Waals surface area contributed by atoms with E-state index >= 15 is 0 Å². The highest BCUT2D eigenvalue weighted by atomic mass is 35.5. The number of carbonyl (C=O) groups excluding carboxylic acids is 1. The molecule has 6 nitrogen and oxygen atoms in total. The molecular formula is C25H23ClN4O2S. The predicted octanol–water partition coefficient (Wildman–Crippen LogP) is 6.07. The smallest absolute Gasteiger partial charge is 0.226 e. The minimum atomic E-state index is -0.150. The second-order valence-electron chi connectivity index (χ2n) is 7.51. The quantitative estimate of drug-likeness (QED) is 0.327. The van der Waals surface area contributed by atoms with Crippen molar-refractivity contribution in [1.29, 1.82) is 0 Å². The molecule has 33 heavy (non-hydrogen) atoms. The summed E-state index contributed by atoms with van der Waals surface area (Å²) >= 11 is 11.8. The number of halogens is 1. The van der Waals surface area contributed by atoms with Crippen LogP contribution in [0.1, 0.15) is 12.0 Å². The Morgan fingerprint density at radius 3 is 2.58 bits per heavy atom. The van der Waals surface area contributed by atoms with E-state index in [1.165, 1.54) is 0 Å². The second-order valence-corrected chi connectivity index (χ2v) is 8.31. The van der Waals surface area contributed by atoms with E-state index in [0.29, 0.717) is 33.6 Å². The number of rotatable bonds is 7. The number of para-hydroxylation sites is 1. The minimum absolute atomic E-state index is 0.150. The van der Waals surface area contributed by atoms with Gasteiger partial charge in [0.2, 0.25) is 10.7 Å². The molecule has 0 bridgehead atoms. The summed E-state index contributed by atoms with van der Waals surface area (Å²) in [7, 11) is 1.63. The van der Waals surface area contributed by atoms with Gasteiger partial charge in [-0.2, -0.15) is 5.10 Å². The van der Waals surface area contributed by atoms with Crippen molar-refractivity contribution in [2.45, 2.75) is 19.9 Å². The molecule has 1 heterocycles. The Kier molecular flexibility index (Phi) is 6.91. The fraction of sp³-hybridized carbons (Fsp3) is 0.160. The molecule has 0 aliphatic heterocycles. The number of nitrogens with one attached hydrogen (secondary N) is 1. The first kappa shape index (κ1) is 22.8. The summed E-state index contributed by atoms with van der Waals surface area (Å²) in [6.45, 7) is 2.36. The molecule has 1 amide bonds. The van der Waals surface area contributed by atoms with Crippen LogP contribution < -0.4 is 10.1 Å². The summed E-state index contributed by atoms with van der Waals surface area (Å²) in [5, 5.41) is 8.19. The first-order chi connectivity index (χ1) is 16.0. The van der Waals surface area contributed by atoms with Crippen LogP contribution >= 0.6 is 23.8 Å². The Morgan fingerprint density at radius 1 is 1.09 bits per heavy atom. The van der Waals surface area contributed by atoms with Gasteiger partial charge in [-0.05, 0) is 61.6 Å². The predicted molar refractivity (Wildman–Crippen MR) is 134 cm³/mol. The first-order valence-corrected chi connectivity index (χ1v) is 11.2. The maximum Gasteiger partial charge on any atom is 0.226 e. The minimum Gasteiger partial charge on any atom is -0.496 e. The van der Waals surface area contributed by atoms with Gasteiger partial charge in [-0.25, -0.2) is 4.68 Å². The molecule has 0 spiro atoms. The zero-order chi connectivity index (χ0) is 23.4. The summed E-state index contributed by atoms with van der Waals surface area (Å²) < 4.78 is 9.64. The molecule has 0 fully saturated rings. The van der Waals surface area contributed by atoms with Gasteiger partial charge < -0.3 is 10.1 Å². The lowest BCUT2D eigenvalue weighted by molar-refractivity contribution is -0.116. The number of benzene rings is 3. The maximum atomic E-state index is 12.5. The van der Waals surface area contributed by atoms with Crippen molar-refractivity contribution < 1.29 is 9.53 Å². The van der Waals surface area contributed by atoms with E-state index in [-0.39, 0.29) is 12.3 Å². The zero-order valence-corrected chi connectivity index (χ0v) is 19.9. The number of nitrogens with zero attached hydrogens (tertiary/aromatic N) is 3. The van der Waals surface area contributed by atoms with E-state index < -0.39 is 0 Å². The van der Waals surface area contributed by atoms with Crippen molar-refractivity contribution in [1.82, 2.24) is 14.3 Å². The van der Waals surface area contributed by atoms with E-state index in [0.717, 1.165) is 16.8 Å². The zero-order valence-electron chi connectivity index (χ0n) is 18.3. The van der Waals surface area contributed by atoms with Gasteiger partial charge in [0.1, 0.15) is 5.75 Å². The van der Waals surface area contributed by atoms with Crippen LogP contribution in [-0.2, 0) is 11.3 Å². The highest BCUT2D eigenvalue weighted by Gasteiger charge is 2.18. The summed E-state index contributed by atoms with van der Waals surface area (Å²) in [5.41, 5.74) is 3.50. The number of carbonyl (C=O) groups is 1. The summed E-state index contributed by atoms with van der Waals surface area (Å²) in [5.74, 6) is 1.19. The molecule has 0 atom stereocenters. The molecule has 3 aromatic carbocycles. The monoisotopic (exact) mass is 478 g/mol. The van der Waals surface area contributed by atoms with Gasteiger partial charge in [0, 0.05) is 22.8 Å². The number of ether oxygens (including phenoxy) is 1. The number of anilines is 1. The Bertz CT molecular complexity index is 1350. The highest BCUT2D eigenvalue weighted by Crippen LogP contribution is 2.30. The normalized spacial score (nSPS) is 10.8. The molecule has 4 rings (SSSR count). The molecule has 1 N–H and O–H groups in total. The maximum absolute atomic E-state index is 12.5. The Morgan fingerprint density at radius 2 is 1.85 bits per heavy atom. The van der Waals surface area contributed by atoms with Gasteiger partial charge in [-0.15, -0.1) is 0 Å². The lowest BCUT2D eigenvalue weighted by Crippen LogP contribution is -2.15. The average molecular weight is 479 g/mol. The fourth-order valence-corrected chi connectivity index (χ4v) is 4.00. The van der Waals surface area contributed by atoms with Crippen LogP contribution in [0, 0.1) is 11.7 Å². The van der Waals surface area contributed by atoms with Crippen LogP contribution in [-0.4, -0.2) is 27.4 Å². The van der Waals surface area contributed by atoms with Crippen LogP contribution in [0.3, 0.4) is 0 Å². The third-order valence-electron chi connectivity index (χ3n) is 5.14. The molecule has 0 aliphatic rings. The third-order valence-corrected chi connectivity index (χ3v) is 5.77. The molecule has 0 saturated heterocycles. The lowest BCUT2D eigenvalue weighted by atomic mass is 10.1. The number of aryl methyl sites for hydroxylation is 2. The largest absolute Gasteiger partial charge is 0.496 e. The highest BCUT2D eigenvalue weighted by molar-refractivity contribution is 7.71. The molecule has 168 valence electrons. The molecule has 0 unspecified atom stereocenters. The van der Waals surface area contributed by atoms with E-state index in [9.17, 15) is 4.79 Å². The lowest BCUT2D eigenvalue weighted by Gasteiger charge is -2.10. The molecule has 1 aromatic heterocycles. The Hall–Kier alpha value is -3.42. The van der Waals surface area contributed by atoms with Crippen LogP contribution in [0.5, 0.6) is 5.75 Å². The average Bonchev–Trinajstić information content (AvgIpc) is 3.14. The van der Waals surface area contributed by atoms with Gasteiger partial charge in [0.25, 0.3) is 0 Å². The topological polar surface area (TPSA) is 61.1 Å². The molecule has 8 heteroatoms. The molecular weight excluding hydrogens is 456 g/mol. The molecule has 0 aliphatic carbocycles. The van der Waals surface area contributed by atoms with E-state index in [1.807, 2.05) is 60.0 Å². The van der Waals surface area contributed by atoms with Crippen molar-refractivity contribution in [2.24, 2.45) is 0 Å². The van der Waals surface area contributed by atoms with Gasteiger partial charge in [0.05, 0.1) is 19.2 Å². The van der Waals surface area contributed by atoms with Crippen LogP contribution in [0.15, 0.2) is 72.8 Å². The standard InChI is InChI=1S/C25H23ClN4O2S/c1-17-10-12-20(13-11-17)30-24(21-8-3-4-9-22(21)32-2)28-29(25(30)33)15-14-23(31)27-19-7-5-6-18(26)16-19/h3-13,16H,14-15H2,1-2H3,(H,27,31). The number of amides is 1. The van der Waals surface area contributed by atoms with Crippen molar-refractivity contribution in [3.63, 3.8) is 0 Å². The number of aromatic nitrogens is 3. The van der Waals surface area contributed by atoms with Gasteiger partial charge >= 0.3 is 0 Å². The molecule has 4 aromatic rings. The molecule has 0 radical (unpaired) electrons. The van der Waals surface area contributed by atoms with Crippen molar-refractivity contribution >= 4 is 35.4 Å². The van der Waals surface area contributed by atoms with Crippen molar-refractivity contribution in [2.75, 3.05) is 12.4 Å². The number of hydrogen-bond acceptors (Lipinski definition) is 4. The van der Waals surface area contributed by atoms with Crippen LogP contribution in [0.4, 0.5) is 5.69 Å². The van der Waals surface area contributed by atoms with Crippen molar-refractivity contribution in [3.05, 3.63) is 88.2 Å². The van der Waals surface area contributed by atoms with Crippen molar-refractivity contribution in [3.8, 4) is 22.8 Å². The molecule has 0 saturated carbocycles. The first-order valence-electron chi connectivity index (χ1n) is 10.4. The van der Waals surface area contributed by atoms with E-state index in [1.54, 1.807) is 36.1 Å². The summed E-state index contributed by atoms with van der Waals surface area (Å²) in [6, 6.07) is 22.8. The second kappa shape index (κ2) is 10.0. The number of hydrogen-bond donors (Lipinski definition) is 1. The SMILES string of the molecule is COc1ccccc1-c1nn(CCC(=O)Nc2cccc(Cl)c2)c(=S)n1-c1ccc(C)cc1. The summed E-state index contributed by atoms with van der Waals surface area (Å²) in [4.78, 5) is 12.5. The van der Waals surface area contributed by atoms with Gasteiger partial charge in [0.15, 0.2) is 5.82 Å². The number of methoxy groups -OCH3 is 1. The summed E-state index contributed by atoms with van der Waals surface area (Å²) in [6.07, 6.45) is 0.205. The third kappa shape index (κ3) is 5.16. The Labute approximate surface area is 202 Å². The fourth-order valence-electron chi connectivity index (χ4n) is 3.48. The Balaban J connectivity index is 1.67. The van der Waals surface area contributed by atoms with Crippen LogP contribution in [0.2, 0.25) is 5.02 Å². The van der Waals surface area contributed by atoms with Crippen LogP contribution in [0.25, 0.3) is 17.1 Å². The van der Waals surface area contributed by atoms with Gasteiger partial charge in [-0.1, -0.05) is 47.5 Å². The van der Waals surface area contributed by atoms with E-state index in [4.69, 9.17) is 33.7 Å². The van der Waals surface area contributed by atoms with Gasteiger partial charge in [-0.3, -0.25) is 9.36 Å². The van der Waals surface area contributed by atoms with E-state index in [2.05, 4.69) is 5.32 Å².